The van der Waals surface area contributed by atoms with Gasteiger partial charge in [-0.1, -0.05) is 43.7 Å². The van der Waals surface area contributed by atoms with Crippen molar-refractivity contribution in [3.8, 4) is 22.8 Å². The maximum absolute atomic E-state index is 13.6. The number of rotatable bonds is 15. The van der Waals surface area contributed by atoms with Gasteiger partial charge in [-0.25, -0.2) is 0 Å². The number of carbonyl (C=O) groups excluding carboxylic acids is 3. The molecule has 3 N–H and O–H groups in total. The number of furan rings is 1. The van der Waals surface area contributed by atoms with Gasteiger partial charge in [-0.05, 0) is 98.3 Å². The Kier molecular flexibility index (Phi) is 12.5. The van der Waals surface area contributed by atoms with Gasteiger partial charge in [-0.2, -0.15) is 0 Å². The lowest BCUT2D eigenvalue weighted by atomic mass is 10.1. The standard InChI is InChI=1S/C40H39N3O6S/c1-4-5-25-48-31-19-15-29(16-20-31)41-38(44)27(2)50-33-22-17-30(18-23-33)42-40(46)35(43-39(45)28-11-7-6-8-12-28)26-32-21-24-37(49-32)34-13-9-10-14-36(34)47-3/h6-24,26-27H,4-5,25H2,1-3H3,(H,41,44)(H,42,46)(H,43,45)/b35-26+. The summed E-state index contributed by atoms with van der Waals surface area (Å²) < 4.78 is 17.2. The fourth-order valence-corrected chi connectivity index (χ4v) is 5.66. The summed E-state index contributed by atoms with van der Waals surface area (Å²) in [5.41, 5.74) is 2.34. The van der Waals surface area contributed by atoms with E-state index in [0.717, 1.165) is 29.1 Å². The van der Waals surface area contributed by atoms with Gasteiger partial charge in [0.05, 0.1) is 24.5 Å². The van der Waals surface area contributed by atoms with Crippen LogP contribution in [-0.2, 0) is 9.59 Å². The largest absolute Gasteiger partial charge is 0.496 e. The molecule has 50 heavy (non-hydrogen) atoms. The minimum atomic E-state index is -0.542. The summed E-state index contributed by atoms with van der Waals surface area (Å²) in [5.74, 6) is 1.19. The quantitative estimate of drug-likeness (QED) is 0.0572. The Morgan fingerprint density at radius 3 is 2.22 bits per heavy atom. The average molecular weight is 690 g/mol. The minimum Gasteiger partial charge on any atom is -0.496 e. The van der Waals surface area contributed by atoms with Gasteiger partial charge in [0.1, 0.15) is 28.7 Å². The highest BCUT2D eigenvalue weighted by atomic mass is 32.2. The van der Waals surface area contributed by atoms with E-state index in [1.165, 1.54) is 17.8 Å². The van der Waals surface area contributed by atoms with Gasteiger partial charge in [0, 0.05) is 27.9 Å². The predicted octanol–water partition coefficient (Wildman–Crippen LogP) is 8.66. The van der Waals surface area contributed by atoms with Gasteiger partial charge < -0.3 is 29.8 Å². The third kappa shape index (κ3) is 9.90. The van der Waals surface area contributed by atoms with E-state index in [4.69, 9.17) is 13.9 Å². The maximum Gasteiger partial charge on any atom is 0.272 e. The zero-order valence-corrected chi connectivity index (χ0v) is 28.9. The molecule has 3 amide bonds. The number of amides is 3. The second-order valence-electron chi connectivity index (χ2n) is 11.2. The molecule has 0 bridgehead atoms. The molecular formula is C40H39N3O6S. The Bertz CT molecular complexity index is 1920. The second-order valence-corrected chi connectivity index (χ2v) is 12.6. The van der Waals surface area contributed by atoms with E-state index in [1.807, 2.05) is 67.6 Å². The summed E-state index contributed by atoms with van der Waals surface area (Å²) >= 11 is 1.39. The van der Waals surface area contributed by atoms with Crippen LogP contribution in [0.4, 0.5) is 11.4 Å². The number of unbranched alkanes of at least 4 members (excludes halogenated alkanes) is 1. The summed E-state index contributed by atoms with van der Waals surface area (Å²) in [6.07, 6.45) is 3.53. The number of hydrogen-bond donors (Lipinski definition) is 3. The molecule has 5 rings (SSSR count). The number of benzene rings is 4. The van der Waals surface area contributed by atoms with Gasteiger partial charge in [0.2, 0.25) is 5.91 Å². The van der Waals surface area contributed by atoms with E-state index in [1.54, 1.807) is 61.7 Å². The van der Waals surface area contributed by atoms with E-state index in [0.29, 0.717) is 40.8 Å². The fraction of sp³-hybridized carbons (Fsp3) is 0.175. The lowest BCUT2D eigenvalue weighted by Crippen LogP contribution is -2.30. The number of anilines is 2. The summed E-state index contributed by atoms with van der Waals surface area (Å²) in [7, 11) is 1.58. The van der Waals surface area contributed by atoms with Crippen molar-refractivity contribution in [3.05, 3.63) is 132 Å². The van der Waals surface area contributed by atoms with Crippen molar-refractivity contribution < 1.29 is 28.3 Å². The first-order valence-electron chi connectivity index (χ1n) is 16.3. The first kappa shape index (κ1) is 35.6. The van der Waals surface area contributed by atoms with Crippen LogP contribution in [0.1, 0.15) is 42.8 Å². The molecule has 0 fully saturated rings. The van der Waals surface area contributed by atoms with Gasteiger partial charge in [-0.3, -0.25) is 14.4 Å². The molecule has 9 nitrogen and oxygen atoms in total. The monoisotopic (exact) mass is 689 g/mol. The van der Waals surface area contributed by atoms with Crippen LogP contribution in [0.3, 0.4) is 0 Å². The number of carbonyl (C=O) groups is 3. The van der Waals surface area contributed by atoms with Crippen LogP contribution in [0, 0.1) is 0 Å². The van der Waals surface area contributed by atoms with Crippen LogP contribution in [-0.4, -0.2) is 36.7 Å². The second kappa shape index (κ2) is 17.6. The molecule has 5 aromatic rings. The van der Waals surface area contributed by atoms with Crippen LogP contribution >= 0.6 is 11.8 Å². The summed E-state index contributed by atoms with van der Waals surface area (Å²) in [5, 5.41) is 8.14. The van der Waals surface area contributed by atoms with Crippen LogP contribution in [0.5, 0.6) is 11.5 Å². The van der Waals surface area contributed by atoms with Crippen molar-refractivity contribution in [1.29, 1.82) is 0 Å². The van der Waals surface area contributed by atoms with E-state index < -0.39 is 11.8 Å². The summed E-state index contributed by atoms with van der Waals surface area (Å²) in [6.45, 7) is 4.61. The number of para-hydroxylation sites is 1. The van der Waals surface area contributed by atoms with E-state index in [9.17, 15) is 14.4 Å². The maximum atomic E-state index is 13.6. The van der Waals surface area contributed by atoms with Crippen LogP contribution in [0.25, 0.3) is 17.4 Å². The molecular weight excluding hydrogens is 651 g/mol. The summed E-state index contributed by atoms with van der Waals surface area (Å²) in [6, 6.07) is 34.0. The molecule has 1 unspecified atom stereocenters. The minimum absolute atomic E-state index is 0.0101. The van der Waals surface area contributed by atoms with Crippen LogP contribution in [0.2, 0.25) is 0 Å². The third-order valence-electron chi connectivity index (χ3n) is 7.50. The Morgan fingerprint density at radius 2 is 1.50 bits per heavy atom. The molecule has 1 aromatic heterocycles. The Morgan fingerprint density at radius 1 is 0.820 bits per heavy atom. The molecule has 10 heteroatoms. The number of nitrogens with one attached hydrogen (secondary N) is 3. The molecule has 0 aliphatic heterocycles. The van der Waals surface area contributed by atoms with Crippen molar-refractivity contribution in [2.24, 2.45) is 0 Å². The molecule has 256 valence electrons. The Labute approximate surface area is 296 Å². The molecule has 0 aliphatic rings. The molecule has 1 heterocycles. The van der Waals surface area contributed by atoms with Gasteiger partial charge in [-0.15, -0.1) is 11.8 Å². The van der Waals surface area contributed by atoms with Crippen LogP contribution < -0.4 is 25.4 Å². The van der Waals surface area contributed by atoms with Gasteiger partial charge >= 0.3 is 0 Å². The highest BCUT2D eigenvalue weighted by Gasteiger charge is 2.18. The number of hydrogen-bond acceptors (Lipinski definition) is 7. The van der Waals surface area contributed by atoms with Gasteiger partial charge in [0.25, 0.3) is 11.8 Å². The normalized spacial score (nSPS) is 11.7. The van der Waals surface area contributed by atoms with Crippen LogP contribution in [0.15, 0.2) is 130 Å². The SMILES string of the molecule is CCCCOc1ccc(NC(=O)C(C)Sc2ccc(NC(=O)/C(=C\c3ccc(-c4ccccc4OC)o3)NC(=O)c3ccccc3)cc2)cc1. The molecule has 0 radical (unpaired) electrons. The number of thioether (sulfide) groups is 1. The smallest absolute Gasteiger partial charge is 0.272 e. The molecule has 4 aromatic carbocycles. The highest BCUT2D eigenvalue weighted by Crippen LogP contribution is 2.32. The van der Waals surface area contributed by atoms with Crippen molar-refractivity contribution >= 4 is 46.9 Å². The van der Waals surface area contributed by atoms with Gasteiger partial charge in [0.15, 0.2) is 0 Å². The summed E-state index contributed by atoms with van der Waals surface area (Å²) in [4.78, 5) is 40.4. The lowest BCUT2D eigenvalue weighted by molar-refractivity contribution is -0.115. The predicted molar refractivity (Wildman–Crippen MR) is 198 cm³/mol. The molecule has 0 spiro atoms. The lowest BCUT2D eigenvalue weighted by Gasteiger charge is -2.14. The molecule has 1 atom stereocenters. The first-order valence-corrected chi connectivity index (χ1v) is 17.1. The topological polar surface area (TPSA) is 119 Å². The van der Waals surface area contributed by atoms with Crippen molar-refractivity contribution in [3.63, 3.8) is 0 Å². The van der Waals surface area contributed by atoms with E-state index in [-0.39, 0.29) is 16.9 Å². The van der Waals surface area contributed by atoms with Crippen molar-refractivity contribution in [2.75, 3.05) is 24.4 Å². The molecule has 0 saturated carbocycles. The van der Waals surface area contributed by atoms with Crippen molar-refractivity contribution in [2.45, 2.75) is 36.8 Å². The number of methoxy groups -OCH3 is 1. The zero-order valence-electron chi connectivity index (χ0n) is 28.1. The number of ether oxygens (including phenoxy) is 2. The van der Waals surface area contributed by atoms with E-state index >= 15 is 0 Å². The Hall–Kier alpha value is -5.74. The first-order chi connectivity index (χ1) is 24.3. The fourth-order valence-electron chi connectivity index (χ4n) is 4.79. The van der Waals surface area contributed by atoms with Crippen molar-refractivity contribution in [1.82, 2.24) is 5.32 Å². The third-order valence-corrected chi connectivity index (χ3v) is 8.61. The Balaban J connectivity index is 1.24. The zero-order chi connectivity index (χ0) is 35.3. The molecule has 0 aliphatic carbocycles. The van der Waals surface area contributed by atoms with E-state index in [2.05, 4.69) is 22.9 Å². The highest BCUT2D eigenvalue weighted by molar-refractivity contribution is 8.00. The average Bonchev–Trinajstić information content (AvgIpc) is 3.61. The molecule has 0 saturated heterocycles.